The Morgan fingerprint density at radius 3 is 2.29 bits per heavy atom. The molecule has 0 aliphatic rings. The van der Waals surface area contributed by atoms with E-state index < -0.39 is 0 Å². The predicted molar refractivity (Wildman–Crippen MR) is 83.0 cm³/mol. The normalized spacial score (nSPS) is 10.5. The molecule has 0 aliphatic carbocycles. The number of carbonyl (C=O) groups is 1. The Hall–Kier alpha value is -2.23. The van der Waals surface area contributed by atoms with Crippen LogP contribution in [0.25, 0.3) is 5.69 Å². The van der Waals surface area contributed by atoms with E-state index in [0.717, 1.165) is 34.9 Å². The van der Waals surface area contributed by atoms with Crippen molar-refractivity contribution in [2.75, 3.05) is 13.2 Å². The van der Waals surface area contributed by atoms with Crippen molar-refractivity contribution in [3.63, 3.8) is 0 Å². The molecule has 0 unspecified atom stereocenters. The summed E-state index contributed by atoms with van der Waals surface area (Å²) >= 11 is 0. The SMILES string of the molecule is CCOc1ccc(-n2c(C)cc(C=O)c2C)cc1OCC. The van der Waals surface area contributed by atoms with Gasteiger partial charge >= 0.3 is 0 Å². The molecule has 4 heteroatoms. The molecule has 1 aromatic heterocycles. The topological polar surface area (TPSA) is 40.5 Å². The summed E-state index contributed by atoms with van der Waals surface area (Å²) in [5.41, 5.74) is 3.61. The first-order chi connectivity index (χ1) is 10.1. The van der Waals surface area contributed by atoms with Crippen molar-refractivity contribution in [3.05, 3.63) is 41.2 Å². The maximum atomic E-state index is 11.1. The second-order valence-electron chi connectivity index (χ2n) is 4.78. The van der Waals surface area contributed by atoms with Gasteiger partial charge in [0.2, 0.25) is 0 Å². The predicted octanol–water partition coefficient (Wildman–Crippen LogP) is 3.70. The van der Waals surface area contributed by atoms with Gasteiger partial charge in [0.1, 0.15) is 0 Å². The standard InChI is InChI=1S/C17H21NO3/c1-5-20-16-8-7-15(10-17(16)21-6-2)18-12(3)9-14(11-19)13(18)4/h7-11H,5-6H2,1-4H3. The Balaban J connectivity index is 2.52. The number of aldehydes is 1. The molecule has 0 N–H and O–H groups in total. The summed E-state index contributed by atoms with van der Waals surface area (Å²) < 4.78 is 13.3. The minimum absolute atomic E-state index is 0.576. The number of aryl methyl sites for hydroxylation is 1. The van der Waals surface area contributed by atoms with Crippen LogP contribution in [0.4, 0.5) is 0 Å². The Kier molecular flexibility index (Phi) is 4.68. The number of hydrogen-bond acceptors (Lipinski definition) is 3. The van der Waals surface area contributed by atoms with Crippen molar-refractivity contribution in [2.24, 2.45) is 0 Å². The lowest BCUT2D eigenvalue weighted by Crippen LogP contribution is -2.03. The van der Waals surface area contributed by atoms with Gasteiger partial charge in [-0.3, -0.25) is 4.79 Å². The number of aromatic nitrogens is 1. The lowest BCUT2D eigenvalue weighted by atomic mass is 10.2. The molecule has 1 aromatic carbocycles. The molecular formula is C17H21NO3. The zero-order chi connectivity index (χ0) is 15.4. The van der Waals surface area contributed by atoms with Crippen LogP contribution >= 0.6 is 0 Å². The smallest absolute Gasteiger partial charge is 0.163 e. The number of ether oxygens (including phenoxy) is 2. The summed E-state index contributed by atoms with van der Waals surface area (Å²) in [7, 11) is 0. The molecule has 0 amide bonds. The summed E-state index contributed by atoms with van der Waals surface area (Å²) in [6, 6.07) is 7.72. The van der Waals surface area contributed by atoms with Crippen LogP contribution in [-0.4, -0.2) is 24.1 Å². The van der Waals surface area contributed by atoms with Crippen LogP contribution in [0.15, 0.2) is 24.3 Å². The van der Waals surface area contributed by atoms with Gasteiger partial charge < -0.3 is 14.0 Å². The number of nitrogens with zero attached hydrogens (tertiary/aromatic N) is 1. The summed E-state index contributed by atoms with van der Waals surface area (Å²) in [6.45, 7) is 8.98. The molecule has 0 bridgehead atoms. The van der Waals surface area contributed by atoms with Crippen LogP contribution in [0.3, 0.4) is 0 Å². The maximum absolute atomic E-state index is 11.1. The van der Waals surface area contributed by atoms with Crippen molar-refractivity contribution >= 4 is 6.29 Å². The molecule has 0 spiro atoms. The van der Waals surface area contributed by atoms with E-state index in [4.69, 9.17) is 9.47 Å². The highest BCUT2D eigenvalue weighted by Crippen LogP contribution is 2.31. The van der Waals surface area contributed by atoms with Gasteiger partial charge in [-0.25, -0.2) is 0 Å². The molecular weight excluding hydrogens is 266 g/mol. The van der Waals surface area contributed by atoms with Crippen LogP contribution in [0.2, 0.25) is 0 Å². The van der Waals surface area contributed by atoms with Gasteiger partial charge in [0.15, 0.2) is 17.8 Å². The van der Waals surface area contributed by atoms with E-state index in [0.29, 0.717) is 18.8 Å². The molecule has 4 nitrogen and oxygen atoms in total. The molecule has 112 valence electrons. The van der Waals surface area contributed by atoms with Crippen molar-refractivity contribution < 1.29 is 14.3 Å². The molecule has 0 saturated heterocycles. The van der Waals surface area contributed by atoms with Gasteiger partial charge in [-0.15, -0.1) is 0 Å². The van der Waals surface area contributed by atoms with Crippen molar-refractivity contribution in [1.82, 2.24) is 4.57 Å². The summed E-state index contributed by atoms with van der Waals surface area (Å²) in [5.74, 6) is 1.46. The molecule has 1 heterocycles. The zero-order valence-corrected chi connectivity index (χ0v) is 13.0. The zero-order valence-electron chi connectivity index (χ0n) is 13.0. The van der Waals surface area contributed by atoms with Crippen molar-refractivity contribution in [3.8, 4) is 17.2 Å². The number of benzene rings is 1. The third-order valence-electron chi connectivity index (χ3n) is 3.38. The molecule has 0 aliphatic heterocycles. The maximum Gasteiger partial charge on any atom is 0.163 e. The average molecular weight is 287 g/mol. The minimum Gasteiger partial charge on any atom is -0.490 e. The van der Waals surface area contributed by atoms with E-state index in [1.807, 2.05) is 56.5 Å². The van der Waals surface area contributed by atoms with E-state index in [2.05, 4.69) is 0 Å². The molecule has 21 heavy (non-hydrogen) atoms. The van der Waals surface area contributed by atoms with Crippen LogP contribution < -0.4 is 9.47 Å². The fraction of sp³-hybridized carbons (Fsp3) is 0.353. The van der Waals surface area contributed by atoms with Crippen molar-refractivity contribution in [1.29, 1.82) is 0 Å². The number of hydrogen-bond donors (Lipinski definition) is 0. The molecule has 0 radical (unpaired) electrons. The molecule has 2 rings (SSSR count). The van der Waals surface area contributed by atoms with E-state index in [1.54, 1.807) is 0 Å². The quantitative estimate of drug-likeness (QED) is 0.760. The van der Waals surface area contributed by atoms with Crippen LogP contribution in [0.1, 0.15) is 35.6 Å². The van der Waals surface area contributed by atoms with Crippen LogP contribution in [-0.2, 0) is 0 Å². The van der Waals surface area contributed by atoms with E-state index >= 15 is 0 Å². The van der Waals surface area contributed by atoms with Gasteiger partial charge in [0.25, 0.3) is 0 Å². The van der Waals surface area contributed by atoms with E-state index in [1.165, 1.54) is 0 Å². The fourth-order valence-electron chi connectivity index (χ4n) is 2.48. The van der Waals surface area contributed by atoms with E-state index in [-0.39, 0.29) is 0 Å². The number of carbonyl (C=O) groups excluding carboxylic acids is 1. The monoisotopic (exact) mass is 287 g/mol. The highest BCUT2D eigenvalue weighted by atomic mass is 16.5. The summed E-state index contributed by atoms with van der Waals surface area (Å²) in [5, 5.41) is 0. The Morgan fingerprint density at radius 1 is 1.05 bits per heavy atom. The highest BCUT2D eigenvalue weighted by molar-refractivity contribution is 5.77. The molecule has 0 saturated carbocycles. The second kappa shape index (κ2) is 6.48. The third-order valence-corrected chi connectivity index (χ3v) is 3.38. The minimum atomic E-state index is 0.576. The van der Waals surface area contributed by atoms with Gasteiger partial charge in [0, 0.05) is 28.7 Å². The first-order valence-corrected chi connectivity index (χ1v) is 7.16. The lowest BCUT2D eigenvalue weighted by molar-refractivity contribution is 0.112. The van der Waals surface area contributed by atoms with Gasteiger partial charge in [-0.05, 0) is 45.9 Å². The van der Waals surface area contributed by atoms with Crippen molar-refractivity contribution in [2.45, 2.75) is 27.7 Å². The summed E-state index contributed by atoms with van der Waals surface area (Å²) in [6.07, 6.45) is 0.886. The fourth-order valence-corrected chi connectivity index (χ4v) is 2.48. The van der Waals surface area contributed by atoms with Gasteiger partial charge in [-0.2, -0.15) is 0 Å². The van der Waals surface area contributed by atoms with Crippen LogP contribution in [0.5, 0.6) is 11.5 Å². The first kappa shape index (κ1) is 15.2. The number of rotatable bonds is 6. The molecule has 0 atom stereocenters. The Morgan fingerprint density at radius 2 is 1.71 bits per heavy atom. The molecule has 2 aromatic rings. The first-order valence-electron chi connectivity index (χ1n) is 7.16. The van der Waals surface area contributed by atoms with Gasteiger partial charge in [0.05, 0.1) is 13.2 Å². The van der Waals surface area contributed by atoms with Gasteiger partial charge in [-0.1, -0.05) is 0 Å². The Labute approximate surface area is 125 Å². The van der Waals surface area contributed by atoms with E-state index in [9.17, 15) is 4.79 Å². The highest BCUT2D eigenvalue weighted by Gasteiger charge is 2.13. The second-order valence-corrected chi connectivity index (χ2v) is 4.78. The summed E-state index contributed by atoms with van der Waals surface area (Å²) in [4.78, 5) is 11.1. The Bertz CT molecular complexity index is 644. The molecule has 0 fully saturated rings. The lowest BCUT2D eigenvalue weighted by Gasteiger charge is -2.15. The third kappa shape index (κ3) is 2.94. The van der Waals surface area contributed by atoms with Crippen LogP contribution in [0, 0.1) is 13.8 Å². The average Bonchev–Trinajstić information content (AvgIpc) is 2.76. The largest absolute Gasteiger partial charge is 0.490 e.